The van der Waals surface area contributed by atoms with E-state index < -0.39 is 23.7 Å². The third kappa shape index (κ3) is 7.79. The molecule has 2 atom stereocenters. The topological polar surface area (TPSA) is 90.3 Å². The van der Waals surface area contributed by atoms with Crippen LogP contribution in [0, 0.1) is 0 Å². The first kappa shape index (κ1) is 25.1. The Morgan fingerprint density at radius 1 is 1.03 bits per heavy atom. The van der Waals surface area contributed by atoms with Gasteiger partial charge in [0.05, 0.1) is 17.8 Å². The highest BCUT2D eigenvalue weighted by molar-refractivity contribution is 6.27. The summed E-state index contributed by atoms with van der Waals surface area (Å²) in [5.41, 5.74) is -0.130. The van der Waals surface area contributed by atoms with Gasteiger partial charge in [-0.3, -0.25) is 9.80 Å². The van der Waals surface area contributed by atoms with Gasteiger partial charge in [-0.05, 0) is 51.4 Å². The van der Waals surface area contributed by atoms with E-state index in [4.69, 9.17) is 24.5 Å². The lowest BCUT2D eigenvalue weighted by Crippen LogP contribution is -2.53. The number of ether oxygens (including phenoxy) is 1. The Hall–Kier alpha value is -2.17. The number of carbonyl (C=O) groups is 2. The van der Waals surface area contributed by atoms with E-state index in [1.54, 1.807) is 12.1 Å². The second-order valence-electron chi connectivity index (χ2n) is 7.98. The first-order valence-corrected chi connectivity index (χ1v) is 10.2. The van der Waals surface area contributed by atoms with Crippen LogP contribution in [-0.2, 0) is 27.0 Å². The Morgan fingerprint density at radius 3 is 2.03 bits per heavy atom. The number of piperidine rings is 1. The maximum Gasteiger partial charge on any atom is 0.416 e. The van der Waals surface area contributed by atoms with Gasteiger partial charge in [-0.2, -0.15) is 13.2 Å². The number of likely N-dealkylation sites (tertiary alicyclic amines) is 1. The highest BCUT2D eigenvalue weighted by atomic mass is 19.4. The molecule has 0 aliphatic carbocycles. The average Bonchev–Trinajstić information content (AvgIpc) is 2.68. The number of hydrogen-bond acceptors (Lipinski definition) is 5. The predicted molar refractivity (Wildman–Crippen MR) is 107 cm³/mol. The number of hydrogen-bond donors (Lipinski definition) is 2. The summed E-state index contributed by atoms with van der Waals surface area (Å²) in [7, 11) is 0. The van der Waals surface area contributed by atoms with Gasteiger partial charge in [0, 0.05) is 25.7 Å². The van der Waals surface area contributed by atoms with Gasteiger partial charge in [0.1, 0.15) is 0 Å². The molecule has 10 heteroatoms. The van der Waals surface area contributed by atoms with E-state index in [1.807, 2.05) is 0 Å². The second-order valence-corrected chi connectivity index (χ2v) is 7.98. The van der Waals surface area contributed by atoms with E-state index in [9.17, 15) is 13.2 Å². The number of carboxylic acid groups (broad SMARTS) is 2. The van der Waals surface area contributed by atoms with Crippen LogP contribution >= 0.6 is 0 Å². The highest BCUT2D eigenvalue weighted by Gasteiger charge is 2.34. The lowest BCUT2D eigenvalue weighted by Gasteiger charge is -2.43. The molecule has 0 saturated carbocycles. The zero-order chi connectivity index (χ0) is 23.2. The van der Waals surface area contributed by atoms with Crippen LogP contribution < -0.4 is 0 Å². The fourth-order valence-electron chi connectivity index (χ4n) is 4.13. The number of rotatable bonds is 3. The van der Waals surface area contributed by atoms with Gasteiger partial charge >= 0.3 is 18.1 Å². The number of alkyl halides is 3. The summed E-state index contributed by atoms with van der Waals surface area (Å²) < 4.78 is 45.2. The van der Waals surface area contributed by atoms with E-state index in [0.717, 1.165) is 39.0 Å². The Bertz CT molecular complexity index is 729. The van der Waals surface area contributed by atoms with Gasteiger partial charge in [0.15, 0.2) is 0 Å². The molecule has 2 N–H and O–H groups in total. The molecular formula is C21H29F3N2O5. The normalized spacial score (nSPS) is 23.6. The molecule has 7 nitrogen and oxygen atoms in total. The van der Waals surface area contributed by atoms with Gasteiger partial charge < -0.3 is 14.9 Å². The number of morpholine rings is 1. The number of nitrogens with zero attached hydrogens (tertiary/aromatic N) is 2. The van der Waals surface area contributed by atoms with Crippen LogP contribution in [0.5, 0.6) is 0 Å². The molecule has 2 heterocycles. The fraction of sp³-hybridized carbons (Fsp3) is 0.619. The first-order chi connectivity index (χ1) is 14.5. The summed E-state index contributed by atoms with van der Waals surface area (Å²) in [6, 6.07) is 6.44. The molecule has 0 amide bonds. The standard InChI is InChI=1S/C19H27F3N2O.C2H2O4/c1-14-11-24(12-15(2)25-14)17-7-9-23(10-8-17)13-16-5-3-4-6-18(16)19(20,21)22;3-1(4)2(5)6/h3-6,14-15,17H,7-13H2,1-2H3;(H,3,4)(H,5,6). The lowest BCUT2D eigenvalue weighted by molar-refractivity contribution is -0.159. The smallest absolute Gasteiger partial charge is 0.416 e. The van der Waals surface area contributed by atoms with Crippen molar-refractivity contribution in [2.24, 2.45) is 0 Å². The van der Waals surface area contributed by atoms with Crippen LogP contribution in [0.15, 0.2) is 24.3 Å². The van der Waals surface area contributed by atoms with Crippen LogP contribution in [0.1, 0.15) is 37.8 Å². The van der Waals surface area contributed by atoms with Gasteiger partial charge in [-0.15, -0.1) is 0 Å². The Labute approximate surface area is 179 Å². The first-order valence-electron chi connectivity index (χ1n) is 10.2. The summed E-state index contributed by atoms with van der Waals surface area (Å²) in [6.07, 6.45) is -1.77. The van der Waals surface area contributed by atoms with E-state index in [-0.39, 0.29) is 12.2 Å². The van der Waals surface area contributed by atoms with Crippen molar-refractivity contribution in [3.63, 3.8) is 0 Å². The van der Waals surface area contributed by atoms with E-state index in [0.29, 0.717) is 18.2 Å². The summed E-state index contributed by atoms with van der Waals surface area (Å²) in [6.45, 7) is 8.17. The Kier molecular flexibility index (Phi) is 8.84. The lowest BCUT2D eigenvalue weighted by atomic mass is 9.99. The van der Waals surface area contributed by atoms with Crippen molar-refractivity contribution in [1.29, 1.82) is 0 Å². The summed E-state index contributed by atoms with van der Waals surface area (Å²) >= 11 is 0. The predicted octanol–water partition coefficient (Wildman–Crippen LogP) is 2.93. The van der Waals surface area contributed by atoms with Gasteiger partial charge in [-0.25, -0.2) is 9.59 Å². The molecule has 3 rings (SSSR count). The maximum atomic E-state index is 13.1. The molecule has 0 radical (unpaired) electrons. The summed E-state index contributed by atoms with van der Waals surface area (Å²) in [4.78, 5) is 22.8. The SMILES string of the molecule is CC1CN(C2CCN(Cc3ccccc3C(F)(F)F)CC2)CC(C)O1.O=C(O)C(=O)O. The van der Waals surface area contributed by atoms with E-state index >= 15 is 0 Å². The van der Waals surface area contributed by atoms with Crippen molar-refractivity contribution in [3.8, 4) is 0 Å². The molecule has 1 aromatic carbocycles. The minimum Gasteiger partial charge on any atom is -0.473 e. The third-order valence-electron chi connectivity index (χ3n) is 5.42. The quantitative estimate of drug-likeness (QED) is 0.690. The Morgan fingerprint density at radius 2 is 1.55 bits per heavy atom. The number of halogens is 3. The number of aliphatic carboxylic acids is 2. The molecule has 2 aliphatic rings. The molecule has 2 fully saturated rings. The summed E-state index contributed by atoms with van der Waals surface area (Å²) in [5.74, 6) is -3.65. The highest BCUT2D eigenvalue weighted by Crippen LogP contribution is 2.33. The maximum absolute atomic E-state index is 13.1. The molecule has 2 unspecified atom stereocenters. The molecule has 31 heavy (non-hydrogen) atoms. The molecule has 0 spiro atoms. The van der Waals surface area contributed by atoms with E-state index in [1.165, 1.54) is 12.1 Å². The number of benzene rings is 1. The van der Waals surface area contributed by atoms with Crippen LogP contribution in [0.4, 0.5) is 13.2 Å². The molecule has 2 aliphatic heterocycles. The largest absolute Gasteiger partial charge is 0.473 e. The van der Waals surface area contributed by atoms with Gasteiger partial charge in [-0.1, -0.05) is 18.2 Å². The monoisotopic (exact) mass is 446 g/mol. The van der Waals surface area contributed by atoms with Crippen LogP contribution in [0.2, 0.25) is 0 Å². The van der Waals surface area contributed by atoms with Crippen molar-refractivity contribution in [1.82, 2.24) is 9.80 Å². The molecular weight excluding hydrogens is 417 g/mol. The zero-order valence-electron chi connectivity index (χ0n) is 17.6. The molecule has 0 bridgehead atoms. The van der Waals surface area contributed by atoms with E-state index in [2.05, 4.69) is 23.6 Å². The van der Waals surface area contributed by atoms with Crippen molar-refractivity contribution in [2.75, 3.05) is 26.2 Å². The van der Waals surface area contributed by atoms with Crippen LogP contribution in [-0.4, -0.2) is 76.4 Å². The van der Waals surface area contributed by atoms with Crippen LogP contribution in [0.3, 0.4) is 0 Å². The minimum atomic E-state index is -4.28. The average molecular weight is 446 g/mol. The molecule has 174 valence electrons. The molecule has 2 saturated heterocycles. The number of carboxylic acids is 2. The van der Waals surface area contributed by atoms with Crippen molar-refractivity contribution < 1.29 is 37.7 Å². The second kappa shape index (κ2) is 10.9. The summed E-state index contributed by atoms with van der Waals surface area (Å²) in [5, 5.41) is 14.8. The minimum absolute atomic E-state index is 0.250. The van der Waals surface area contributed by atoms with Crippen molar-refractivity contribution in [3.05, 3.63) is 35.4 Å². The third-order valence-corrected chi connectivity index (χ3v) is 5.42. The molecule has 1 aromatic rings. The zero-order valence-corrected chi connectivity index (χ0v) is 17.6. The fourth-order valence-corrected chi connectivity index (χ4v) is 4.13. The Balaban J connectivity index is 0.000000501. The van der Waals surface area contributed by atoms with Gasteiger partial charge in [0.2, 0.25) is 0 Å². The van der Waals surface area contributed by atoms with Crippen molar-refractivity contribution in [2.45, 2.75) is 57.7 Å². The molecule has 0 aromatic heterocycles. The van der Waals surface area contributed by atoms with Gasteiger partial charge in [0.25, 0.3) is 0 Å². The van der Waals surface area contributed by atoms with Crippen LogP contribution in [0.25, 0.3) is 0 Å². The van der Waals surface area contributed by atoms with Crippen molar-refractivity contribution >= 4 is 11.9 Å².